The minimum absolute atomic E-state index is 0.0195. The largest absolute Gasteiger partial charge is 0.377 e. The van der Waals surface area contributed by atoms with E-state index < -0.39 is 6.43 Å². The second-order valence-electron chi connectivity index (χ2n) is 11.3. The first-order chi connectivity index (χ1) is 19.3. The second kappa shape index (κ2) is 9.40. The first kappa shape index (κ1) is 25.2. The Morgan fingerprint density at radius 1 is 1.07 bits per heavy atom. The molecule has 40 heavy (non-hydrogen) atoms. The van der Waals surface area contributed by atoms with E-state index in [-0.39, 0.29) is 23.2 Å². The molecule has 2 saturated heterocycles. The van der Waals surface area contributed by atoms with Crippen molar-refractivity contribution in [3.05, 3.63) is 63.7 Å². The first-order valence-electron chi connectivity index (χ1n) is 13.9. The molecule has 208 valence electrons. The number of aromatic nitrogens is 4. The van der Waals surface area contributed by atoms with Crippen LogP contribution in [0.3, 0.4) is 0 Å². The molecule has 0 N–H and O–H groups in total. The van der Waals surface area contributed by atoms with Gasteiger partial charge < -0.3 is 19.1 Å². The van der Waals surface area contributed by atoms with Crippen molar-refractivity contribution in [2.24, 2.45) is 14.1 Å². The molecule has 2 unspecified atom stereocenters. The predicted octanol–water partition coefficient (Wildman–Crippen LogP) is 5.03. The SMILES string of the molecule is Cc1cc2c(N3CCCc4cc(-c5cnn(C)c5)c(C(F)F)cc43)nc(N3C4CCC3COC4)cc2n(C)c1=O. The van der Waals surface area contributed by atoms with E-state index in [2.05, 4.69) is 14.9 Å². The Kier molecular flexibility index (Phi) is 5.92. The number of alkyl halides is 2. The standard InChI is InChI=1S/C30H32F2N6O2/c1-17-9-24-26(36(3)30(17)39)12-27(38-20-6-7-21(38)16-40-15-20)34-29(24)37-8-4-5-18-10-22(19-13-33-35(2)14-19)23(28(31)32)11-25(18)37/h9-14,20-21,28H,4-8,15-16H2,1-3H3. The maximum absolute atomic E-state index is 14.5. The Morgan fingerprint density at radius 3 is 2.55 bits per heavy atom. The van der Waals surface area contributed by atoms with Crippen molar-refractivity contribution in [1.82, 2.24) is 19.3 Å². The van der Waals surface area contributed by atoms with Gasteiger partial charge in [-0.3, -0.25) is 9.48 Å². The van der Waals surface area contributed by atoms with Crippen LogP contribution in [0.1, 0.15) is 42.4 Å². The molecule has 7 rings (SSSR count). The van der Waals surface area contributed by atoms with Gasteiger partial charge in [-0.2, -0.15) is 5.10 Å². The fourth-order valence-electron chi connectivity index (χ4n) is 6.78. The summed E-state index contributed by atoms with van der Waals surface area (Å²) >= 11 is 0. The Balaban J connectivity index is 1.45. The van der Waals surface area contributed by atoms with Crippen LogP contribution < -0.4 is 15.4 Å². The topological polar surface area (TPSA) is 68.4 Å². The third-order valence-electron chi connectivity index (χ3n) is 8.75. The summed E-state index contributed by atoms with van der Waals surface area (Å²) in [5.74, 6) is 1.51. The van der Waals surface area contributed by atoms with Gasteiger partial charge >= 0.3 is 0 Å². The van der Waals surface area contributed by atoms with E-state index >= 15 is 0 Å². The number of nitrogens with zero attached hydrogens (tertiary/aromatic N) is 6. The zero-order chi connectivity index (χ0) is 27.7. The number of anilines is 3. The van der Waals surface area contributed by atoms with Crippen LogP contribution in [0.4, 0.5) is 26.1 Å². The summed E-state index contributed by atoms with van der Waals surface area (Å²) in [7, 11) is 3.57. The number of halogens is 2. The van der Waals surface area contributed by atoms with Gasteiger partial charge in [0.05, 0.1) is 37.0 Å². The van der Waals surface area contributed by atoms with Gasteiger partial charge in [0.25, 0.3) is 12.0 Å². The quantitative estimate of drug-likeness (QED) is 0.358. The molecule has 4 aromatic rings. The predicted molar refractivity (Wildman–Crippen MR) is 151 cm³/mol. The van der Waals surface area contributed by atoms with Crippen molar-refractivity contribution in [3.8, 4) is 11.1 Å². The number of aryl methyl sites for hydroxylation is 4. The highest BCUT2D eigenvalue weighted by atomic mass is 19.3. The Morgan fingerprint density at radius 2 is 1.85 bits per heavy atom. The van der Waals surface area contributed by atoms with E-state index in [1.54, 1.807) is 48.7 Å². The number of benzene rings is 1. The van der Waals surface area contributed by atoms with E-state index in [1.165, 1.54) is 0 Å². The van der Waals surface area contributed by atoms with Crippen LogP contribution in [0, 0.1) is 6.92 Å². The number of rotatable bonds is 4. The Bertz CT molecular complexity index is 1680. The van der Waals surface area contributed by atoms with Gasteiger partial charge in [0.15, 0.2) is 0 Å². The van der Waals surface area contributed by atoms with Gasteiger partial charge in [-0.15, -0.1) is 0 Å². The minimum atomic E-state index is -2.65. The molecule has 3 aliphatic heterocycles. The molecule has 2 bridgehead atoms. The number of fused-ring (bicyclic) bond motifs is 4. The van der Waals surface area contributed by atoms with Gasteiger partial charge in [-0.1, -0.05) is 0 Å². The van der Waals surface area contributed by atoms with Gasteiger partial charge in [-0.25, -0.2) is 13.8 Å². The monoisotopic (exact) mass is 546 g/mol. The smallest absolute Gasteiger partial charge is 0.264 e. The van der Waals surface area contributed by atoms with Gasteiger partial charge in [-0.05, 0) is 61.9 Å². The molecular formula is C30H32F2N6O2. The van der Waals surface area contributed by atoms with Crippen molar-refractivity contribution in [3.63, 3.8) is 0 Å². The van der Waals surface area contributed by atoms with Crippen molar-refractivity contribution in [2.75, 3.05) is 29.6 Å². The molecule has 0 saturated carbocycles. The molecular weight excluding hydrogens is 514 g/mol. The average molecular weight is 547 g/mol. The molecule has 3 aromatic heterocycles. The summed E-state index contributed by atoms with van der Waals surface area (Å²) in [6, 6.07) is 7.91. The lowest BCUT2D eigenvalue weighted by Crippen LogP contribution is -2.46. The van der Waals surface area contributed by atoms with Crippen LogP contribution in [0.2, 0.25) is 0 Å². The number of pyridine rings is 2. The molecule has 0 spiro atoms. The normalized spacial score (nSPS) is 20.6. The third-order valence-corrected chi connectivity index (χ3v) is 8.75. The number of hydrogen-bond donors (Lipinski definition) is 0. The third kappa shape index (κ3) is 3.91. The van der Waals surface area contributed by atoms with Crippen LogP contribution >= 0.6 is 0 Å². The Labute approximate surface area is 230 Å². The highest BCUT2D eigenvalue weighted by Gasteiger charge is 2.39. The highest BCUT2D eigenvalue weighted by molar-refractivity contribution is 5.95. The molecule has 0 aliphatic carbocycles. The van der Waals surface area contributed by atoms with Crippen LogP contribution in [0.25, 0.3) is 22.0 Å². The molecule has 0 radical (unpaired) electrons. The zero-order valence-corrected chi connectivity index (χ0v) is 22.9. The van der Waals surface area contributed by atoms with Crippen LogP contribution in [0.5, 0.6) is 0 Å². The lowest BCUT2D eigenvalue weighted by Gasteiger charge is -2.37. The summed E-state index contributed by atoms with van der Waals surface area (Å²) in [5, 5.41) is 5.05. The molecule has 3 aliphatic rings. The fourth-order valence-corrected chi connectivity index (χ4v) is 6.78. The first-order valence-corrected chi connectivity index (χ1v) is 13.9. The molecule has 10 heteroatoms. The van der Waals surface area contributed by atoms with Gasteiger partial charge in [0.1, 0.15) is 11.6 Å². The summed E-state index contributed by atoms with van der Waals surface area (Å²) in [6.07, 6.45) is 4.47. The van der Waals surface area contributed by atoms with E-state index in [9.17, 15) is 13.6 Å². The summed E-state index contributed by atoms with van der Waals surface area (Å²) in [4.78, 5) is 22.7. The second-order valence-corrected chi connectivity index (χ2v) is 11.3. The molecule has 6 heterocycles. The van der Waals surface area contributed by atoms with Crippen molar-refractivity contribution >= 4 is 28.2 Å². The maximum Gasteiger partial charge on any atom is 0.264 e. The van der Waals surface area contributed by atoms with Crippen molar-refractivity contribution in [1.29, 1.82) is 0 Å². The minimum Gasteiger partial charge on any atom is -0.377 e. The van der Waals surface area contributed by atoms with E-state index in [4.69, 9.17) is 9.72 Å². The van der Waals surface area contributed by atoms with E-state index in [1.807, 2.05) is 18.2 Å². The van der Waals surface area contributed by atoms with Crippen molar-refractivity contribution < 1.29 is 13.5 Å². The summed E-state index contributed by atoms with van der Waals surface area (Å²) in [5.41, 5.74) is 4.27. The molecule has 8 nitrogen and oxygen atoms in total. The zero-order valence-electron chi connectivity index (χ0n) is 22.9. The van der Waals surface area contributed by atoms with Crippen molar-refractivity contribution in [2.45, 2.75) is 51.1 Å². The van der Waals surface area contributed by atoms with Crippen LogP contribution in [-0.4, -0.2) is 51.2 Å². The summed E-state index contributed by atoms with van der Waals surface area (Å²) in [6.45, 7) is 3.76. The maximum atomic E-state index is 14.5. The average Bonchev–Trinajstić information content (AvgIpc) is 3.49. The molecule has 0 amide bonds. The van der Waals surface area contributed by atoms with Gasteiger partial charge in [0.2, 0.25) is 0 Å². The fraction of sp³-hybridized carbons (Fsp3) is 0.433. The lowest BCUT2D eigenvalue weighted by molar-refractivity contribution is 0.0902. The molecule has 1 aromatic carbocycles. The summed E-state index contributed by atoms with van der Waals surface area (Å²) < 4.78 is 38.1. The number of ether oxygens (including phenoxy) is 1. The molecule has 2 atom stereocenters. The van der Waals surface area contributed by atoms with Gasteiger partial charge in [0, 0.05) is 60.7 Å². The van der Waals surface area contributed by atoms with Crippen LogP contribution in [-0.2, 0) is 25.3 Å². The highest BCUT2D eigenvalue weighted by Crippen LogP contribution is 2.44. The lowest BCUT2D eigenvalue weighted by atomic mass is 9.93. The number of hydrogen-bond acceptors (Lipinski definition) is 6. The molecule has 2 fully saturated rings. The van der Waals surface area contributed by atoms with E-state index in [0.717, 1.165) is 53.7 Å². The van der Waals surface area contributed by atoms with E-state index in [0.29, 0.717) is 42.3 Å². The van der Waals surface area contributed by atoms with Crippen LogP contribution in [0.15, 0.2) is 41.5 Å². The number of morpholine rings is 1. The Hall–Kier alpha value is -3.79.